The Bertz CT molecular complexity index is 387. The van der Waals surface area contributed by atoms with Gasteiger partial charge in [-0.2, -0.15) is 0 Å². The average molecular weight is 244 g/mol. The smallest absolute Gasteiger partial charge is 0.00424 e. The maximum atomic E-state index is 6.18. The zero-order chi connectivity index (χ0) is 12.5. The number of piperidine rings is 1. The summed E-state index contributed by atoms with van der Waals surface area (Å²) < 4.78 is 0. The Morgan fingerprint density at radius 3 is 2.72 bits per heavy atom. The Hall–Kier alpha value is -0.860. The zero-order valence-electron chi connectivity index (χ0n) is 11.2. The van der Waals surface area contributed by atoms with E-state index in [1.54, 1.807) is 0 Å². The highest BCUT2D eigenvalue weighted by molar-refractivity contribution is 5.26. The van der Waals surface area contributed by atoms with Gasteiger partial charge in [0.2, 0.25) is 0 Å². The Morgan fingerprint density at radius 1 is 1.22 bits per heavy atom. The molecule has 1 aliphatic heterocycles. The van der Waals surface area contributed by atoms with Gasteiger partial charge in [-0.25, -0.2) is 0 Å². The van der Waals surface area contributed by atoms with Crippen molar-refractivity contribution in [1.29, 1.82) is 0 Å². The Kier molecular flexibility index (Phi) is 3.40. The topological polar surface area (TPSA) is 38.0 Å². The first-order chi connectivity index (χ1) is 8.77. The minimum Gasteiger partial charge on any atom is -0.328 e. The first-order valence-corrected chi connectivity index (χ1v) is 7.28. The third kappa shape index (κ3) is 2.32. The monoisotopic (exact) mass is 244 g/mol. The SMILES string of the molecule is CC(N)C1CCNCC1C1CC1c1ccccc1. The summed E-state index contributed by atoms with van der Waals surface area (Å²) in [6.07, 6.45) is 2.61. The lowest BCUT2D eigenvalue weighted by Crippen LogP contribution is -2.45. The number of rotatable bonds is 3. The molecule has 2 nitrogen and oxygen atoms in total. The number of hydrogen-bond donors (Lipinski definition) is 2. The van der Waals surface area contributed by atoms with Gasteiger partial charge in [-0.3, -0.25) is 0 Å². The Morgan fingerprint density at radius 2 is 2.00 bits per heavy atom. The van der Waals surface area contributed by atoms with Crippen molar-refractivity contribution in [3.8, 4) is 0 Å². The second-order valence-electron chi connectivity index (χ2n) is 6.10. The van der Waals surface area contributed by atoms with Crippen molar-refractivity contribution < 1.29 is 0 Å². The van der Waals surface area contributed by atoms with Crippen molar-refractivity contribution in [1.82, 2.24) is 5.32 Å². The number of hydrogen-bond acceptors (Lipinski definition) is 2. The molecule has 0 bridgehead atoms. The lowest BCUT2D eigenvalue weighted by molar-refractivity contribution is 0.198. The summed E-state index contributed by atoms with van der Waals surface area (Å²) in [5.41, 5.74) is 7.70. The predicted molar refractivity (Wildman–Crippen MR) is 75.4 cm³/mol. The summed E-state index contributed by atoms with van der Waals surface area (Å²) in [6, 6.07) is 11.3. The van der Waals surface area contributed by atoms with Crippen LogP contribution in [0.1, 0.15) is 31.2 Å². The average Bonchev–Trinajstić information content (AvgIpc) is 3.20. The third-order valence-corrected chi connectivity index (χ3v) is 4.88. The van der Waals surface area contributed by atoms with Crippen LogP contribution in [0.2, 0.25) is 0 Å². The van der Waals surface area contributed by atoms with Crippen LogP contribution in [0, 0.1) is 17.8 Å². The molecule has 18 heavy (non-hydrogen) atoms. The van der Waals surface area contributed by atoms with E-state index in [2.05, 4.69) is 42.6 Å². The zero-order valence-corrected chi connectivity index (χ0v) is 11.2. The van der Waals surface area contributed by atoms with Crippen molar-refractivity contribution in [2.75, 3.05) is 13.1 Å². The van der Waals surface area contributed by atoms with Crippen LogP contribution in [-0.4, -0.2) is 19.1 Å². The highest BCUT2D eigenvalue weighted by Crippen LogP contribution is 2.54. The van der Waals surface area contributed by atoms with Gasteiger partial charge < -0.3 is 11.1 Å². The maximum absolute atomic E-state index is 6.18. The predicted octanol–water partition coefficient (Wildman–Crippen LogP) is 2.36. The molecule has 1 aromatic rings. The minimum atomic E-state index is 0.342. The van der Waals surface area contributed by atoms with Crippen molar-refractivity contribution in [3.05, 3.63) is 35.9 Å². The van der Waals surface area contributed by atoms with Crippen molar-refractivity contribution in [2.24, 2.45) is 23.5 Å². The molecule has 5 atom stereocenters. The fourth-order valence-corrected chi connectivity index (χ4v) is 3.80. The maximum Gasteiger partial charge on any atom is 0.00424 e. The van der Waals surface area contributed by atoms with Crippen LogP contribution < -0.4 is 11.1 Å². The summed E-state index contributed by atoms with van der Waals surface area (Å²) in [5, 5.41) is 3.56. The largest absolute Gasteiger partial charge is 0.328 e. The summed E-state index contributed by atoms with van der Waals surface area (Å²) in [5.74, 6) is 3.14. The van der Waals surface area contributed by atoms with Crippen molar-refractivity contribution in [2.45, 2.75) is 31.7 Å². The molecular formula is C16H24N2. The molecule has 0 spiro atoms. The molecule has 1 saturated carbocycles. The van der Waals surface area contributed by atoms with Crippen LogP contribution in [0.5, 0.6) is 0 Å². The number of nitrogens with one attached hydrogen (secondary N) is 1. The highest BCUT2D eigenvalue weighted by Gasteiger charge is 2.47. The second kappa shape index (κ2) is 5.02. The molecule has 1 heterocycles. The normalized spacial score (nSPS) is 37.2. The molecule has 1 saturated heterocycles. The molecule has 0 aromatic heterocycles. The Labute approximate surface area is 110 Å². The fourth-order valence-electron chi connectivity index (χ4n) is 3.80. The van der Waals surface area contributed by atoms with Crippen LogP contribution >= 0.6 is 0 Å². The van der Waals surface area contributed by atoms with Crippen LogP contribution in [0.25, 0.3) is 0 Å². The van der Waals surface area contributed by atoms with E-state index in [9.17, 15) is 0 Å². The summed E-state index contributed by atoms with van der Waals surface area (Å²) >= 11 is 0. The van der Waals surface area contributed by atoms with E-state index in [1.165, 1.54) is 24.9 Å². The van der Waals surface area contributed by atoms with E-state index in [0.717, 1.165) is 24.3 Å². The van der Waals surface area contributed by atoms with Gasteiger partial charge in [-0.05, 0) is 62.1 Å². The van der Waals surface area contributed by atoms with Crippen molar-refractivity contribution in [3.63, 3.8) is 0 Å². The lowest BCUT2D eigenvalue weighted by Gasteiger charge is -2.35. The van der Waals surface area contributed by atoms with E-state index in [-0.39, 0.29) is 0 Å². The van der Waals surface area contributed by atoms with Gasteiger partial charge in [0.05, 0.1) is 0 Å². The van der Waals surface area contributed by atoms with E-state index < -0.39 is 0 Å². The van der Waals surface area contributed by atoms with Gasteiger partial charge in [-0.1, -0.05) is 30.3 Å². The quantitative estimate of drug-likeness (QED) is 0.856. The molecular weight excluding hydrogens is 220 g/mol. The third-order valence-electron chi connectivity index (χ3n) is 4.88. The number of benzene rings is 1. The number of nitrogens with two attached hydrogens (primary N) is 1. The van der Waals surface area contributed by atoms with E-state index in [1.807, 2.05) is 0 Å². The summed E-state index contributed by atoms with van der Waals surface area (Å²) in [4.78, 5) is 0. The van der Waals surface area contributed by atoms with Gasteiger partial charge >= 0.3 is 0 Å². The first kappa shape index (κ1) is 12.2. The second-order valence-corrected chi connectivity index (χ2v) is 6.10. The first-order valence-electron chi connectivity index (χ1n) is 7.28. The van der Waals surface area contributed by atoms with E-state index >= 15 is 0 Å². The molecule has 98 valence electrons. The molecule has 0 radical (unpaired) electrons. The van der Waals surface area contributed by atoms with Gasteiger partial charge in [0, 0.05) is 6.04 Å². The van der Waals surface area contributed by atoms with Gasteiger partial charge in [0.15, 0.2) is 0 Å². The summed E-state index contributed by atoms with van der Waals surface area (Å²) in [7, 11) is 0. The molecule has 1 aliphatic carbocycles. The van der Waals surface area contributed by atoms with Crippen LogP contribution in [0.15, 0.2) is 30.3 Å². The van der Waals surface area contributed by atoms with Crippen LogP contribution in [0.3, 0.4) is 0 Å². The highest BCUT2D eigenvalue weighted by atomic mass is 14.9. The summed E-state index contributed by atoms with van der Waals surface area (Å²) in [6.45, 7) is 4.49. The minimum absolute atomic E-state index is 0.342. The molecule has 2 heteroatoms. The van der Waals surface area contributed by atoms with Gasteiger partial charge in [0.25, 0.3) is 0 Å². The molecule has 1 aromatic carbocycles. The standard InChI is InChI=1S/C16H24N2/c1-11(17)13-7-8-18-10-16(13)15-9-14(15)12-5-3-2-4-6-12/h2-6,11,13-16,18H,7-10,17H2,1H3. The lowest BCUT2D eigenvalue weighted by atomic mass is 9.78. The molecule has 5 unspecified atom stereocenters. The van der Waals surface area contributed by atoms with Crippen molar-refractivity contribution >= 4 is 0 Å². The molecule has 2 aliphatic rings. The van der Waals surface area contributed by atoms with Crippen LogP contribution in [0.4, 0.5) is 0 Å². The molecule has 2 fully saturated rings. The van der Waals surface area contributed by atoms with E-state index in [0.29, 0.717) is 12.0 Å². The Balaban J connectivity index is 1.69. The molecule has 0 amide bonds. The van der Waals surface area contributed by atoms with Gasteiger partial charge in [0.1, 0.15) is 0 Å². The van der Waals surface area contributed by atoms with Gasteiger partial charge in [-0.15, -0.1) is 0 Å². The van der Waals surface area contributed by atoms with E-state index in [4.69, 9.17) is 5.73 Å². The molecule has 3 N–H and O–H groups in total. The molecule has 3 rings (SSSR count). The van der Waals surface area contributed by atoms with Crippen LogP contribution in [-0.2, 0) is 0 Å². The fraction of sp³-hybridized carbons (Fsp3) is 0.625.